The summed E-state index contributed by atoms with van der Waals surface area (Å²) in [6.45, 7) is 3.85. The molecular weight excluding hydrogens is 408 g/mol. The molecule has 1 atom stereocenters. The van der Waals surface area contributed by atoms with Crippen LogP contribution in [0, 0.1) is 5.92 Å². The Morgan fingerprint density at radius 2 is 2.20 bits per heavy atom. The van der Waals surface area contributed by atoms with Gasteiger partial charge in [-0.1, -0.05) is 18.5 Å². The third-order valence-corrected chi connectivity index (χ3v) is 5.45. The quantitative estimate of drug-likeness (QED) is 0.668. The normalized spacial score (nSPS) is 16.6. The summed E-state index contributed by atoms with van der Waals surface area (Å²) >= 11 is 6.08. The van der Waals surface area contributed by atoms with Crippen LogP contribution in [-0.4, -0.2) is 45.3 Å². The molecule has 158 valence electrons. The van der Waals surface area contributed by atoms with Crippen molar-refractivity contribution in [2.45, 2.75) is 26.3 Å². The van der Waals surface area contributed by atoms with Crippen LogP contribution < -0.4 is 20.6 Å². The van der Waals surface area contributed by atoms with E-state index in [1.165, 1.54) is 17.9 Å². The van der Waals surface area contributed by atoms with E-state index in [2.05, 4.69) is 27.2 Å². The number of hydrogen-bond donors (Lipinski definition) is 1. The lowest BCUT2D eigenvalue weighted by molar-refractivity contribution is -0.117. The minimum absolute atomic E-state index is 0.234. The predicted octanol–water partition coefficient (Wildman–Crippen LogP) is 2.43. The van der Waals surface area contributed by atoms with Crippen LogP contribution in [0.15, 0.2) is 35.3 Å². The number of amides is 1. The van der Waals surface area contributed by atoms with Gasteiger partial charge in [0, 0.05) is 25.0 Å². The maximum Gasteiger partial charge on any atom is 0.352 e. The van der Waals surface area contributed by atoms with Crippen molar-refractivity contribution in [2.75, 3.05) is 30.4 Å². The number of nitrogens with one attached hydrogen (secondary N) is 1. The SMILES string of the molecule is COc1ccc(NC(=O)Cn2nc3nc(N4CCC[C@@H](C)C4)ccn3c2=O)cc1Cl. The standard InChI is InChI=1S/C20H23ClN6O3/c1-13-4-3-8-25(11-13)17-7-9-26-19(23-17)24-27(20(26)29)12-18(28)22-14-5-6-16(30-2)15(21)10-14/h5-7,9-10,13H,3-4,8,11-12H2,1-2H3,(H,22,28)/t13-/m1/s1. The van der Waals surface area contributed by atoms with Gasteiger partial charge in [-0.25, -0.2) is 13.9 Å². The molecule has 9 nitrogen and oxygen atoms in total. The first-order valence-electron chi connectivity index (χ1n) is 9.79. The molecule has 1 aromatic carbocycles. The number of rotatable bonds is 5. The van der Waals surface area contributed by atoms with E-state index >= 15 is 0 Å². The Kier molecular flexibility index (Phi) is 5.63. The van der Waals surface area contributed by atoms with Gasteiger partial charge in [-0.05, 0) is 43.0 Å². The predicted molar refractivity (Wildman–Crippen MR) is 114 cm³/mol. The molecule has 0 unspecified atom stereocenters. The summed E-state index contributed by atoms with van der Waals surface area (Å²) in [5.74, 6) is 1.79. The van der Waals surface area contributed by atoms with Crippen molar-refractivity contribution in [1.29, 1.82) is 0 Å². The Morgan fingerprint density at radius 1 is 1.37 bits per heavy atom. The molecule has 3 heterocycles. The van der Waals surface area contributed by atoms with Crippen molar-refractivity contribution in [2.24, 2.45) is 5.92 Å². The highest BCUT2D eigenvalue weighted by Crippen LogP contribution is 2.27. The van der Waals surface area contributed by atoms with Gasteiger partial charge in [0.15, 0.2) is 0 Å². The average molecular weight is 431 g/mol. The molecule has 1 saturated heterocycles. The zero-order chi connectivity index (χ0) is 21.3. The van der Waals surface area contributed by atoms with Gasteiger partial charge in [0.25, 0.3) is 5.78 Å². The van der Waals surface area contributed by atoms with Gasteiger partial charge in [-0.15, -0.1) is 5.10 Å². The number of carbonyl (C=O) groups is 1. The van der Waals surface area contributed by atoms with E-state index in [0.717, 1.165) is 30.0 Å². The Balaban J connectivity index is 1.51. The number of nitrogens with zero attached hydrogens (tertiary/aromatic N) is 5. The number of benzene rings is 1. The average Bonchev–Trinajstić information content (AvgIpc) is 3.03. The third kappa shape index (κ3) is 4.11. The number of anilines is 2. The van der Waals surface area contributed by atoms with Crippen molar-refractivity contribution in [3.63, 3.8) is 0 Å². The molecule has 0 aliphatic carbocycles. The van der Waals surface area contributed by atoms with Crippen LogP contribution in [0.4, 0.5) is 11.5 Å². The van der Waals surface area contributed by atoms with Crippen molar-refractivity contribution >= 4 is 34.8 Å². The fourth-order valence-electron chi connectivity index (χ4n) is 3.65. The molecular formula is C20H23ClN6O3. The zero-order valence-electron chi connectivity index (χ0n) is 16.8. The van der Waals surface area contributed by atoms with E-state index < -0.39 is 11.6 Å². The molecule has 1 amide bonds. The van der Waals surface area contributed by atoms with Gasteiger partial charge in [-0.3, -0.25) is 4.79 Å². The van der Waals surface area contributed by atoms with Crippen molar-refractivity contribution in [3.05, 3.63) is 46.0 Å². The van der Waals surface area contributed by atoms with Crippen molar-refractivity contribution in [3.8, 4) is 5.75 Å². The highest BCUT2D eigenvalue weighted by Gasteiger charge is 2.19. The lowest BCUT2D eigenvalue weighted by Crippen LogP contribution is -2.34. The Hall–Kier alpha value is -3.07. The molecule has 10 heteroatoms. The Bertz CT molecular complexity index is 1140. The second kappa shape index (κ2) is 8.35. The van der Waals surface area contributed by atoms with E-state index in [9.17, 15) is 9.59 Å². The summed E-state index contributed by atoms with van der Waals surface area (Å²) in [6.07, 6.45) is 3.98. The van der Waals surface area contributed by atoms with Crippen LogP contribution >= 0.6 is 11.6 Å². The van der Waals surface area contributed by atoms with Crippen LogP contribution in [0.3, 0.4) is 0 Å². The molecule has 3 aromatic rings. The lowest BCUT2D eigenvalue weighted by Gasteiger charge is -2.31. The number of carbonyl (C=O) groups excluding carboxylic acids is 1. The van der Waals surface area contributed by atoms with Gasteiger partial charge in [0.2, 0.25) is 5.91 Å². The fourth-order valence-corrected chi connectivity index (χ4v) is 3.91. The monoisotopic (exact) mass is 430 g/mol. The van der Waals surface area contributed by atoms with Gasteiger partial charge in [-0.2, -0.15) is 4.98 Å². The maximum atomic E-state index is 12.6. The number of methoxy groups -OCH3 is 1. The lowest BCUT2D eigenvalue weighted by atomic mass is 10.0. The molecule has 0 spiro atoms. The van der Waals surface area contributed by atoms with Crippen LogP contribution in [-0.2, 0) is 11.3 Å². The first-order valence-corrected chi connectivity index (χ1v) is 10.2. The highest BCUT2D eigenvalue weighted by atomic mass is 35.5. The largest absolute Gasteiger partial charge is 0.495 e. The molecule has 4 rings (SSSR count). The van der Waals surface area contributed by atoms with Crippen molar-refractivity contribution < 1.29 is 9.53 Å². The fraction of sp³-hybridized carbons (Fsp3) is 0.400. The minimum atomic E-state index is -0.418. The topological polar surface area (TPSA) is 93.8 Å². The van der Waals surface area contributed by atoms with Crippen LogP contribution in [0.1, 0.15) is 19.8 Å². The number of ether oxygens (including phenoxy) is 1. The van der Waals surface area contributed by atoms with Crippen LogP contribution in [0.5, 0.6) is 5.75 Å². The second-order valence-corrected chi connectivity index (χ2v) is 7.89. The van der Waals surface area contributed by atoms with E-state index in [-0.39, 0.29) is 12.3 Å². The molecule has 0 saturated carbocycles. The summed E-state index contributed by atoms with van der Waals surface area (Å²) in [5, 5.41) is 7.32. The number of hydrogen-bond acceptors (Lipinski definition) is 6. The minimum Gasteiger partial charge on any atom is -0.495 e. The summed E-state index contributed by atoms with van der Waals surface area (Å²) in [6, 6.07) is 6.72. The van der Waals surface area contributed by atoms with E-state index in [4.69, 9.17) is 16.3 Å². The summed E-state index contributed by atoms with van der Waals surface area (Å²) < 4.78 is 7.54. The summed E-state index contributed by atoms with van der Waals surface area (Å²) in [4.78, 5) is 31.7. The summed E-state index contributed by atoms with van der Waals surface area (Å²) in [5.41, 5.74) is 0.0845. The highest BCUT2D eigenvalue weighted by molar-refractivity contribution is 6.32. The molecule has 1 fully saturated rings. The number of aromatic nitrogens is 4. The van der Waals surface area contributed by atoms with E-state index in [0.29, 0.717) is 22.4 Å². The number of halogens is 1. The van der Waals surface area contributed by atoms with Crippen molar-refractivity contribution in [1.82, 2.24) is 19.2 Å². The Morgan fingerprint density at radius 3 is 2.93 bits per heavy atom. The molecule has 1 aliphatic rings. The molecule has 1 aliphatic heterocycles. The molecule has 2 aromatic heterocycles. The van der Waals surface area contributed by atoms with Crippen LogP contribution in [0.2, 0.25) is 5.02 Å². The van der Waals surface area contributed by atoms with Gasteiger partial charge >= 0.3 is 5.69 Å². The Labute approximate surface area is 178 Å². The van der Waals surface area contributed by atoms with Gasteiger partial charge < -0.3 is 15.0 Å². The zero-order valence-corrected chi connectivity index (χ0v) is 17.6. The molecule has 0 radical (unpaired) electrons. The maximum absolute atomic E-state index is 12.6. The molecule has 0 bridgehead atoms. The smallest absolute Gasteiger partial charge is 0.352 e. The summed E-state index contributed by atoms with van der Waals surface area (Å²) in [7, 11) is 1.51. The second-order valence-electron chi connectivity index (χ2n) is 7.49. The van der Waals surface area contributed by atoms with Crippen LogP contribution in [0.25, 0.3) is 5.78 Å². The van der Waals surface area contributed by atoms with Gasteiger partial charge in [0.1, 0.15) is 18.1 Å². The first kappa shape index (κ1) is 20.2. The van der Waals surface area contributed by atoms with E-state index in [1.54, 1.807) is 24.4 Å². The van der Waals surface area contributed by atoms with E-state index in [1.807, 2.05) is 6.07 Å². The first-order chi connectivity index (χ1) is 14.4. The van der Waals surface area contributed by atoms with Gasteiger partial charge in [0.05, 0.1) is 12.1 Å². The molecule has 30 heavy (non-hydrogen) atoms. The third-order valence-electron chi connectivity index (χ3n) is 5.15. The number of fused-ring (bicyclic) bond motifs is 1. The molecule has 1 N–H and O–H groups in total. The number of piperidine rings is 1.